The summed E-state index contributed by atoms with van der Waals surface area (Å²) in [4.78, 5) is 38.7. The van der Waals surface area contributed by atoms with Crippen LogP contribution in [0.5, 0.6) is 0 Å². The Bertz CT molecular complexity index is 1490. The summed E-state index contributed by atoms with van der Waals surface area (Å²) < 4.78 is 2.22. The summed E-state index contributed by atoms with van der Waals surface area (Å²) in [7, 11) is 2.15. The first-order valence-electron chi connectivity index (χ1n) is 12.8. The van der Waals surface area contributed by atoms with Crippen LogP contribution in [0, 0.1) is 0 Å². The van der Waals surface area contributed by atoms with E-state index in [4.69, 9.17) is 9.97 Å². The van der Waals surface area contributed by atoms with E-state index in [0.29, 0.717) is 24.2 Å². The van der Waals surface area contributed by atoms with E-state index < -0.39 is 0 Å². The summed E-state index contributed by atoms with van der Waals surface area (Å²) in [5, 5.41) is 0. The number of hydrogen-bond acceptors (Lipinski definition) is 5. The monoisotopic (exact) mass is 491 g/mol. The molecule has 1 atom stereocenters. The van der Waals surface area contributed by atoms with E-state index in [1.165, 1.54) is 16.2 Å². The number of para-hydroxylation sites is 2. The summed E-state index contributed by atoms with van der Waals surface area (Å²) in [5.74, 6) is 0.515. The molecule has 1 unspecified atom stereocenters. The topological polar surface area (TPSA) is 71.3 Å². The Morgan fingerprint density at radius 2 is 1.68 bits per heavy atom. The number of hydrogen-bond donors (Lipinski definition) is 0. The van der Waals surface area contributed by atoms with Crippen LogP contribution in [0.25, 0.3) is 11.0 Å². The van der Waals surface area contributed by atoms with E-state index in [1.807, 2.05) is 42.6 Å². The van der Waals surface area contributed by atoms with Crippen molar-refractivity contribution in [3.8, 4) is 0 Å². The number of benzene rings is 2. The maximum absolute atomic E-state index is 12.7. The minimum Gasteiger partial charge on any atom is -0.323 e. The molecular weight excluding hydrogens is 462 g/mol. The van der Waals surface area contributed by atoms with Gasteiger partial charge in [0.2, 0.25) is 0 Å². The lowest BCUT2D eigenvalue weighted by molar-refractivity contribution is 0.0672. The van der Waals surface area contributed by atoms with E-state index >= 15 is 0 Å². The Hall–Kier alpha value is -4.10. The standard InChI is InChI=1S/C30H29N5O2/c1-33(26-16-8-10-21-11-9-17-31-28(21)26)20-27-32-24-14-4-5-15-25(24)34(27)18-6-7-19-35-29(36)22-12-2-3-13-23(22)30(35)37/h2-7,9,11-15,17,26H,8,10,16,18-20H2,1H3/b7-6+. The molecule has 7 nitrogen and oxygen atoms in total. The van der Waals surface area contributed by atoms with Crippen LogP contribution < -0.4 is 0 Å². The minimum atomic E-state index is -0.234. The third-order valence-electron chi connectivity index (χ3n) is 7.44. The smallest absolute Gasteiger partial charge is 0.261 e. The summed E-state index contributed by atoms with van der Waals surface area (Å²) >= 11 is 0. The number of rotatable bonds is 7. The number of carbonyl (C=O) groups is 2. The molecule has 6 rings (SSSR count). The first-order chi connectivity index (χ1) is 18.1. The Morgan fingerprint density at radius 1 is 0.946 bits per heavy atom. The highest BCUT2D eigenvalue weighted by atomic mass is 16.2. The molecule has 37 heavy (non-hydrogen) atoms. The number of pyridine rings is 1. The maximum atomic E-state index is 12.7. The Balaban J connectivity index is 1.20. The van der Waals surface area contributed by atoms with Crippen LogP contribution in [-0.4, -0.2) is 49.7 Å². The molecule has 3 heterocycles. The van der Waals surface area contributed by atoms with E-state index in [0.717, 1.165) is 36.1 Å². The van der Waals surface area contributed by atoms with Crippen LogP contribution in [0.1, 0.15) is 56.7 Å². The zero-order valence-corrected chi connectivity index (χ0v) is 20.9. The molecule has 4 aromatic rings. The van der Waals surface area contributed by atoms with E-state index in [1.54, 1.807) is 24.3 Å². The second kappa shape index (κ2) is 9.75. The van der Waals surface area contributed by atoms with Gasteiger partial charge in [0, 0.05) is 19.3 Å². The highest BCUT2D eigenvalue weighted by Gasteiger charge is 2.34. The summed E-state index contributed by atoms with van der Waals surface area (Å²) in [6.45, 7) is 1.55. The average Bonchev–Trinajstić information content (AvgIpc) is 3.40. The largest absolute Gasteiger partial charge is 0.323 e. The Morgan fingerprint density at radius 3 is 2.49 bits per heavy atom. The van der Waals surface area contributed by atoms with Gasteiger partial charge in [0.15, 0.2) is 0 Å². The van der Waals surface area contributed by atoms with Crippen LogP contribution in [0.15, 0.2) is 79.0 Å². The fourth-order valence-electron chi connectivity index (χ4n) is 5.56. The summed E-state index contributed by atoms with van der Waals surface area (Å²) in [6, 6.07) is 19.6. The molecule has 2 aromatic heterocycles. The minimum absolute atomic E-state index is 0.234. The number of imidazole rings is 1. The van der Waals surface area contributed by atoms with Gasteiger partial charge in [0.05, 0.1) is 40.4 Å². The van der Waals surface area contributed by atoms with Crippen LogP contribution in [0.3, 0.4) is 0 Å². The van der Waals surface area contributed by atoms with Crippen molar-refractivity contribution in [3.63, 3.8) is 0 Å². The van der Waals surface area contributed by atoms with Crippen molar-refractivity contribution < 1.29 is 9.59 Å². The van der Waals surface area contributed by atoms with Gasteiger partial charge in [-0.2, -0.15) is 0 Å². The van der Waals surface area contributed by atoms with Gasteiger partial charge in [0.25, 0.3) is 11.8 Å². The molecule has 0 bridgehead atoms. The van der Waals surface area contributed by atoms with Crippen molar-refractivity contribution in [1.29, 1.82) is 0 Å². The van der Waals surface area contributed by atoms with Crippen LogP contribution in [0.4, 0.5) is 0 Å². The Kier molecular flexibility index (Phi) is 6.14. The predicted molar refractivity (Wildman–Crippen MR) is 142 cm³/mol. The molecule has 2 amide bonds. The third kappa shape index (κ3) is 4.25. The fourth-order valence-corrected chi connectivity index (χ4v) is 5.56. The highest BCUT2D eigenvalue weighted by molar-refractivity contribution is 6.21. The third-order valence-corrected chi connectivity index (χ3v) is 7.44. The molecule has 0 N–H and O–H groups in total. The first-order valence-corrected chi connectivity index (χ1v) is 12.8. The number of nitrogens with zero attached hydrogens (tertiary/aromatic N) is 5. The number of imide groups is 1. The molecule has 7 heteroatoms. The van der Waals surface area contributed by atoms with Gasteiger partial charge in [0.1, 0.15) is 5.82 Å². The van der Waals surface area contributed by atoms with Gasteiger partial charge in [-0.3, -0.25) is 24.4 Å². The second-order valence-electron chi connectivity index (χ2n) is 9.74. The lowest BCUT2D eigenvalue weighted by Crippen LogP contribution is -2.30. The van der Waals surface area contributed by atoms with Gasteiger partial charge >= 0.3 is 0 Å². The fraction of sp³-hybridized carbons (Fsp3) is 0.267. The van der Waals surface area contributed by atoms with Crippen molar-refractivity contribution >= 4 is 22.8 Å². The molecule has 2 aliphatic rings. The second-order valence-corrected chi connectivity index (χ2v) is 9.74. The predicted octanol–water partition coefficient (Wildman–Crippen LogP) is 4.79. The molecule has 0 saturated carbocycles. The molecule has 0 fully saturated rings. The van der Waals surface area contributed by atoms with E-state index in [2.05, 4.69) is 28.6 Å². The van der Waals surface area contributed by atoms with E-state index in [-0.39, 0.29) is 24.4 Å². The number of amides is 2. The lowest BCUT2D eigenvalue weighted by Gasteiger charge is -2.32. The molecule has 0 radical (unpaired) electrons. The lowest BCUT2D eigenvalue weighted by atomic mass is 9.91. The SMILES string of the molecule is CN(Cc1nc2ccccc2n1C/C=C/CN1C(=O)c2ccccc2C1=O)C1CCCc2cccnc21. The number of carbonyl (C=O) groups excluding carboxylic acids is 2. The van der Waals surface area contributed by atoms with Crippen molar-refractivity contribution in [1.82, 2.24) is 24.3 Å². The highest BCUT2D eigenvalue weighted by Crippen LogP contribution is 2.33. The number of aromatic nitrogens is 3. The van der Waals surface area contributed by atoms with Crippen LogP contribution in [0.2, 0.25) is 0 Å². The van der Waals surface area contributed by atoms with Crippen molar-refractivity contribution in [3.05, 3.63) is 107 Å². The summed E-state index contributed by atoms with van der Waals surface area (Å²) in [6.07, 6.45) is 9.12. The number of fused-ring (bicyclic) bond motifs is 3. The van der Waals surface area contributed by atoms with Crippen molar-refractivity contribution in [2.24, 2.45) is 0 Å². The van der Waals surface area contributed by atoms with Crippen molar-refractivity contribution in [2.45, 2.75) is 38.4 Å². The molecule has 0 saturated heterocycles. The number of allylic oxidation sites excluding steroid dienone is 1. The van der Waals surface area contributed by atoms with Gasteiger partial charge < -0.3 is 4.57 Å². The van der Waals surface area contributed by atoms with Crippen LogP contribution in [-0.2, 0) is 19.5 Å². The normalized spacial score (nSPS) is 17.2. The molecule has 0 spiro atoms. The van der Waals surface area contributed by atoms with Gasteiger partial charge in [-0.1, -0.05) is 42.5 Å². The molecule has 2 aromatic carbocycles. The molecular formula is C30H29N5O2. The zero-order valence-electron chi connectivity index (χ0n) is 20.9. The van der Waals surface area contributed by atoms with E-state index in [9.17, 15) is 9.59 Å². The molecule has 1 aliphatic heterocycles. The average molecular weight is 492 g/mol. The van der Waals surface area contributed by atoms with Gasteiger partial charge in [-0.15, -0.1) is 0 Å². The Labute approximate surface area is 216 Å². The molecule has 186 valence electrons. The number of aryl methyl sites for hydroxylation is 1. The molecule has 1 aliphatic carbocycles. The maximum Gasteiger partial charge on any atom is 0.261 e. The quantitative estimate of drug-likeness (QED) is 0.275. The van der Waals surface area contributed by atoms with Gasteiger partial charge in [-0.25, -0.2) is 4.98 Å². The summed E-state index contributed by atoms with van der Waals surface area (Å²) in [5.41, 5.74) is 5.51. The zero-order chi connectivity index (χ0) is 25.4. The van der Waals surface area contributed by atoms with Gasteiger partial charge in [-0.05, 0) is 62.2 Å². The first kappa shape index (κ1) is 23.3. The van der Waals surface area contributed by atoms with Crippen LogP contribution >= 0.6 is 0 Å². The van der Waals surface area contributed by atoms with Crippen molar-refractivity contribution in [2.75, 3.05) is 13.6 Å².